The number of piperidine rings is 2. The first-order valence-corrected chi connectivity index (χ1v) is 9.38. The molecule has 3 aromatic rings. The lowest BCUT2D eigenvalue weighted by molar-refractivity contribution is 0.113. The van der Waals surface area contributed by atoms with Gasteiger partial charge in [-0.2, -0.15) is 0 Å². The SMILES string of the molecule is c1cc2cc(-c3ccc(NC4CCN5CCC[C@@H]4C5)nc3)ccc2[nH]1. The summed E-state index contributed by atoms with van der Waals surface area (Å²) < 4.78 is 0. The first-order chi connectivity index (χ1) is 12.3. The lowest BCUT2D eigenvalue weighted by atomic mass is 9.85. The molecule has 5 rings (SSSR count). The molecule has 0 aliphatic carbocycles. The van der Waals surface area contributed by atoms with Crippen LogP contribution in [0.4, 0.5) is 5.82 Å². The van der Waals surface area contributed by atoms with Gasteiger partial charge in [0.2, 0.25) is 0 Å². The minimum atomic E-state index is 0.575. The van der Waals surface area contributed by atoms with Gasteiger partial charge in [0.15, 0.2) is 0 Å². The first-order valence-electron chi connectivity index (χ1n) is 9.38. The number of nitrogens with one attached hydrogen (secondary N) is 2. The van der Waals surface area contributed by atoms with Crippen LogP contribution in [0.1, 0.15) is 19.3 Å². The number of hydrogen-bond acceptors (Lipinski definition) is 3. The third kappa shape index (κ3) is 2.91. The molecule has 2 N–H and O–H groups in total. The minimum absolute atomic E-state index is 0.575. The summed E-state index contributed by atoms with van der Waals surface area (Å²) in [5.41, 5.74) is 3.56. The van der Waals surface area contributed by atoms with Gasteiger partial charge in [-0.3, -0.25) is 0 Å². The Labute approximate surface area is 148 Å². The van der Waals surface area contributed by atoms with Crippen molar-refractivity contribution in [2.45, 2.75) is 25.3 Å². The fourth-order valence-corrected chi connectivity index (χ4v) is 4.44. The van der Waals surface area contributed by atoms with E-state index in [1.807, 2.05) is 12.4 Å². The van der Waals surface area contributed by atoms with E-state index in [4.69, 9.17) is 4.98 Å². The molecule has 2 aliphatic rings. The van der Waals surface area contributed by atoms with Crippen LogP contribution in [0.2, 0.25) is 0 Å². The second-order valence-corrected chi connectivity index (χ2v) is 7.45. The van der Waals surface area contributed by atoms with Gasteiger partial charge in [0.1, 0.15) is 5.82 Å². The lowest BCUT2D eigenvalue weighted by Gasteiger charge is -2.43. The van der Waals surface area contributed by atoms with Crippen molar-refractivity contribution in [3.63, 3.8) is 0 Å². The van der Waals surface area contributed by atoms with Gasteiger partial charge in [0, 0.05) is 42.6 Å². The second kappa shape index (κ2) is 6.19. The standard InChI is InChI=1S/C21H24N4/c1-2-18-14-25(10-1)11-8-20(18)24-21-6-4-17(13-23-21)15-3-5-19-16(12-15)7-9-22-19/h3-7,9,12-13,18,20,22H,1-2,8,10-11,14H2,(H,23,24)/t18-,20?/m1/s1. The van der Waals surface area contributed by atoms with Crippen LogP contribution in [0, 0.1) is 5.92 Å². The van der Waals surface area contributed by atoms with Crippen LogP contribution in [0.3, 0.4) is 0 Å². The zero-order chi connectivity index (χ0) is 16.6. The van der Waals surface area contributed by atoms with Crippen molar-refractivity contribution in [3.8, 4) is 11.1 Å². The van der Waals surface area contributed by atoms with Gasteiger partial charge >= 0.3 is 0 Å². The van der Waals surface area contributed by atoms with E-state index < -0.39 is 0 Å². The van der Waals surface area contributed by atoms with Crippen molar-refractivity contribution in [1.82, 2.24) is 14.9 Å². The highest BCUT2D eigenvalue weighted by Gasteiger charge is 2.31. The predicted molar refractivity (Wildman–Crippen MR) is 103 cm³/mol. The molecule has 128 valence electrons. The topological polar surface area (TPSA) is 44.0 Å². The summed E-state index contributed by atoms with van der Waals surface area (Å²) in [5, 5.41) is 4.94. The Kier molecular flexibility index (Phi) is 3.71. The highest BCUT2D eigenvalue weighted by Crippen LogP contribution is 2.29. The van der Waals surface area contributed by atoms with Crippen molar-refractivity contribution in [2.75, 3.05) is 25.0 Å². The highest BCUT2D eigenvalue weighted by atomic mass is 15.2. The molecule has 2 aliphatic heterocycles. The van der Waals surface area contributed by atoms with Crippen molar-refractivity contribution < 1.29 is 0 Å². The van der Waals surface area contributed by atoms with E-state index in [1.54, 1.807) is 0 Å². The Bertz CT molecular complexity index is 867. The molecule has 2 bridgehead atoms. The number of aromatic amines is 1. The highest BCUT2D eigenvalue weighted by molar-refractivity contribution is 5.84. The second-order valence-electron chi connectivity index (χ2n) is 7.45. The number of nitrogens with zero attached hydrogens (tertiary/aromatic N) is 2. The average molecular weight is 332 g/mol. The number of fused-ring (bicyclic) bond motifs is 3. The molecule has 25 heavy (non-hydrogen) atoms. The Morgan fingerprint density at radius 2 is 2.00 bits per heavy atom. The summed E-state index contributed by atoms with van der Waals surface area (Å²) >= 11 is 0. The van der Waals surface area contributed by atoms with Gasteiger partial charge in [-0.15, -0.1) is 0 Å². The van der Waals surface area contributed by atoms with E-state index in [1.165, 1.54) is 60.9 Å². The fourth-order valence-electron chi connectivity index (χ4n) is 4.44. The molecule has 0 spiro atoms. The molecule has 4 heteroatoms. The molecule has 2 unspecified atom stereocenters. The first kappa shape index (κ1) is 15.0. The minimum Gasteiger partial charge on any atom is -0.367 e. The summed E-state index contributed by atoms with van der Waals surface area (Å²) in [6, 6.07) is 13.5. The van der Waals surface area contributed by atoms with Gasteiger partial charge < -0.3 is 15.2 Å². The molecule has 0 radical (unpaired) electrons. The van der Waals surface area contributed by atoms with Gasteiger partial charge in [0.25, 0.3) is 0 Å². The molecular weight excluding hydrogens is 308 g/mol. The van der Waals surface area contributed by atoms with Crippen molar-refractivity contribution >= 4 is 16.7 Å². The molecular formula is C21H24N4. The van der Waals surface area contributed by atoms with Crippen LogP contribution < -0.4 is 5.32 Å². The predicted octanol–water partition coefficient (Wildman–Crippen LogP) is 4.13. The number of pyridine rings is 1. The van der Waals surface area contributed by atoms with E-state index in [0.717, 1.165) is 11.7 Å². The third-order valence-corrected chi connectivity index (χ3v) is 5.85. The molecule has 2 saturated heterocycles. The van der Waals surface area contributed by atoms with Crippen molar-refractivity contribution in [1.29, 1.82) is 0 Å². The maximum Gasteiger partial charge on any atom is 0.126 e. The van der Waals surface area contributed by atoms with Gasteiger partial charge in [-0.1, -0.05) is 6.07 Å². The van der Waals surface area contributed by atoms with E-state index in [9.17, 15) is 0 Å². The van der Waals surface area contributed by atoms with Crippen LogP contribution >= 0.6 is 0 Å². The Balaban J connectivity index is 1.32. The van der Waals surface area contributed by atoms with E-state index in [2.05, 4.69) is 51.6 Å². The molecule has 0 amide bonds. The van der Waals surface area contributed by atoms with Crippen LogP contribution in [-0.2, 0) is 0 Å². The van der Waals surface area contributed by atoms with Crippen LogP contribution in [0.5, 0.6) is 0 Å². The molecule has 4 heterocycles. The summed E-state index contributed by atoms with van der Waals surface area (Å²) in [5.74, 6) is 1.79. The largest absolute Gasteiger partial charge is 0.367 e. The summed E-state index contributed by atoms with van der Waals surface area (Å²) in [7, 11) is 0. The number of H-pyrrole nitrogens is 1. The van der Waals surface area contributed by atoms with E-state index in [0.29, 0.717) is 6.04 Å². The molecule has 2 fully saturated rings. The average Bonchev–Trinajstić information content (AvgIpc) is 3.13. The van der Waals surface area contributed by atoms with E-state index in [-0.39, 0.29) is 0 Å². The van der Waals surface area contributed by atoms with Gasteiger partial charge in [-0.05, 0) is 73.0 Å². The normalized spacial score (nSPS) is 25.8. The molecule has 1 aromatic carbocycles. The Hall–Kier alpha value is -2.33. The number of anilines is 1. The maximum atomic E-state index is 4.69. The van der Waals surface area contributed by atoms with Crippen LogP contribution in [0.25, 0.3) is 22.0 Å². The Morgan fingerprint density at radius 3 is 2.92 bits per heavy atom. The van der Waals surface area contributed by atoms with Gasteiger partial charge in [-0.25, -0.2) is 4.98 Å². The number of rotatable bonds is 3. The Morgan fingerprint density at radius 1 is 1.04 bits per heavy atom. The quantitative estimate of drug-likeness (QED) is 0.758. The smallest absolute Gasteiger partial charge is 0.126 e. The number of benzene rings is 1. The zero-order valence-corrected chi connectivity index (χ0v) is 14.4. The molecule has 0 saturated carbocycles. The number of aromatic nitrogens is 2. The third-order valence-electron chi connectivity index (χ3n) is 5.85. The zero-order valence-electron chi connectivity index (χ0n) is 14.4. The molecule has 2 aromatic heterocycles. The fraction of sp³-hybridized carbons (Fsp3) is 0.381. The lowest BCUT2D eigenvalue weighted by Crippen LogP contribution is -2.49. The van der Waals surface area contributed by atoms with Crippen LogP contribution in [-0.4, -0.2) is 40.5 Å². The summed E-state index contributed by atoms with van der Waals surface area (Å²) in [4.78, 5) is 10.5. The summed E-state index contributed by atoms with van der Waals surface area (Å²) in [6.07, 6.45) is 7.90. The summed E-state index contributed by atoms with van der Waals surface area (Å²) in [6.45, 7) is 3.77. The molecule has 4 nitrogen and oxygen atoms in total. The van der Waals surface area contributed by atoms with Gasteiger partial charge in [0.05, 0.1) is 0 Å². The number of hydrogen-bond donors (Lipinski definition) is 2. The van der Waals surface area contributed by atoms with Crippen molar-refractivity contribution in [2.24, 2.45) is 5.92 Å². The van der Waals surface area contributed by atoms with Crippen LogP contribution in [0.15, 0.2) is 48.8 Å². The van der Waals surface area contributed by atoms with E-state index >= 15 is 0 Å². The monoisotopic (exact) mass is 332 g/mol. The van der Waals surface area contributed by atoms with Crippen molar-refractivity contribution in [3.05, 3.63) is 48.8 Å². The molecule has 3 atom stereocenters. The maximum absolute atomic E-state index is 4.69.